The standard InChI is InChI=1S/C27H28N2O10/c1-15-13-29(27(33)28-24(15)30)22-12-18(21(38-22)14-37-25(31)16-8-6-5-7-9-16)39-26(32)17-10-19(34-2)23(36-4)20(11-17)35-3/h5-11,13,18,21-22H,12,14H2,1-4H3,(H,28,30,33)/t18-,21+,22+/m0/s1. The Hall–Kier alpha value is -4.58. The lowest BCUT2D eigenvalue weighted by Crippen LogP contribution is -2.33. The summed E-state index contributed by atoms with van der Waals surface area (Å²) < 4.78 is 34.3. The molecular formula is C27H28N2O10. The van der Waals surface area contributed by atoms with Crippen LogP contribution in [0.2, 0.25) is 0 Å². The Balaban J connectivity index is 1.59. The zero-order chi connectivity index (χ0) is 28.1. The first-order valence-electron chi connectivity index (χ1n) is 12.0. The summed E-state index contributed by atoms with van der Waals surface area (Å²) in [5.74, 6) is -0.498. The predicted molar refractivity (Wildman–Crippen MR) is 137 cm³/mol. The number of hydrogen-bond acceptors (Lipinski definition) is 10. The van der Waals surface area contributed by atoms with Gasteiger partial charge >= 0.3 is 17.6 Å². The molecule has 1 aromatic heterocycles. The molecular weight excluding hydrogens is 512 g/mol. The highest BCUT2D eigenvalue weighted by molar-refractivity contribution is 5.91. The van der Waals surface area contributed by atoms with E-state index < -0.39 is 41.6 Å². The van der Waals surface area contributed by atoms with Crippen LogP contribution in [0.25, 0.3) is 0 Å². The molecule has 2 aromatic carbocycles. The molecule has 0 spiro atoms. The molecule has 39 heavy (non-hydrogen) atoms. The van der Waals surface area contributed by atoms with E-state index in [1.807, 2.05) is 0 Å². The van der Waals surface area contributed by atoms with Crippen LogP contribution < -0.4 is 25.5 Å². The van der Waals surface area contributed by atoms with E-state index in [2.05, 4.69) is 4.98 Å². The summed E-state index contributed by atoms with van der Waals surface area (Å²) in [4.78, 5) is 52.3. The number of carbonyl (C=O) groups excluding carboxylic acids is 2. The van der Waals surface area contributed by atoms with Crippen LogP contribution in [0, 0.1) is 6.92 Å². The number of rotatable bonds is 9. The number of carbonyl (C=O) groups is 2. The molecule has 0 unspecified atom stereocenters. The van der Waals surface area contributed by atoms with Crippen molar-refractivity contribution >= 4 is 11.9 Å². The van der Waals surface area contributed by atoms with Gasteiger partial charge in [0.2, 0.25) is 5.75 Å². The van der Waals surface area contributed by atoms with E-state index in [1.165, 1.54) is 44.2 Å². The second kappa shape index (κ2) is 11.9. The van der Waals surface area contributed by atoms with Crippen LogP contribution in [0.3, 0.4) is 0 Å². The molecule has 0 bridgehead atoms. The van der Waals surface area contributed by atoms with Gasteiger partial charge in [0.25, 0.3) is 5.56 Å². The SMILES string of the molecule is COc1cc(C(=O)O[C@H]2C[C@H](n3cc(C)c(=O)[nH]c3=O)O[C@@H]2COC(=O)c2ccccc2)cc(OC)c1OC. The molecule has 1 aliphatic heterocycles. The van der Waals surface area contributed by atoms with E-state index in [-0.39, 0.29) is 30.1 Å². The van der Waals surface area contributed by atoms with Gasteiger partial charge in [-0.2, -0.15) is 0 Å². The number of nitrogens with zero attached hydrogens (tertiary/aromatic N) is 1. The first-order chi connectivity index (χ1) is 18.7. The lowest BCUT2D eigenvalue weighted by Gasteiger charge is -2.19. The molecule has 206 valence electrons. The minimum Gasteiger partial charge on any atom is -0.493 e. The van der Waals surface area contributed by atoms with Gasteiger partial charge in [-0.05, 0) is 31.2 Å². The fourth-order valence-corrected chi connectivity index (χ4v) is 4.17. The molecule has 0 amide bonds. The fourth-order valence-electron chi connectivity index (χ4n) is 4.17. The number of aryl methyl sites for hydroxylation is 1. The third-order valence-corrected chi connectivity index (χ3v) is 6.18. The Labute approximate surface area is 223 Å². The molecule has 12 nitrogen and oxygen atoms in total. The van der Waals surface area contributed by atoms with Gasteiger partial charge in [-0.25, -0.2) is 14.4 Å². The molecule has 4 rings (SSSR count). The van der Waals surface area contributed by atoms with Crippen molar-refractivity contribution in [2.75, 3.05) is 27.9 Å². The van der Waals surface area contributed by atoms with Crippen LogP contribution in [0.4, 0.5) is 0 Å². The van der Waals surface area contributed by atoms with Crippen LogP contribution in [0.5, 0.6) is 17.2 Å². The maximum absolute atomic E-state index is 13.2. The Morgan fingerprint density at radius 1 is 0.974 bits per heavy atom. The Morgan fingerprint density at radius 2 is 1.64 bits per heavy atom. The van der Waals surface area contributed by atoms with Crippen LogP contribution in [-0.2, 0) is 14.2 Å². The highest BCUT2D eigenvalue weighted by Crippen LogP contribution is 2.39. The largest absolute Gasteiger partial charge is 0.493 e. The average Bonchev–Trinajstić information content (AvgIpc) is 3.35. The van der Waals surface area contributed by atoms with Gasteiger partial charge in [0, 0.05) is 18.2 Å². The van der Waals surface area contributed by atoms with Crippen molar-refractivity contribution in [1.29, 1.82) is 0 Å². The van der Waals surface area contributed by atoms with Gasteiger partial charge in [0.1, 0.15) is 25.0 Å². The Morgan fingerprint density at radius 3 is 2.26 bits per heavy atom. The summed E-state index contributed by atoms with van der Waals surface area (Å²) in [6, 6.07) is 11.3. The summed E-state index contributed by atoms with van der Waals surface area (Å²) >= 11 is 0. The summed E-state index contributed by atoms with van der Waals surface area (Å²) in [5.41, 5.74) is -0.459. The van der Waals surface area contributed by atoms with Crippen molar-refractivity contribution in [2.45, 2.75) is 31.8 Å². The van der Waals surface area contributed by atoms with E-state index >= 15 is 0 Å². The summed E-state index contributed by atoms with van der Waals surface area (Å²) in [7, 11) is 4.28. The van der Waals surface area contributed by atoms with Gasteiger partial charge in [0.15, 0.2) is 11.5 Å². The van der Waals surface area contributed by atoms with Crippen molar-refractivity contribution in [3.8, 4) is 17.2 Å². The quantitative estimate of drug-likeness (QED) is 0.401. The minimum absolute atomic E-state index is 0.0507. The monoisotopic (exact) mass is 540 g/mol. The summed E-state index contributed by atoms with van der Waals surface area (Å²) in [5, 5.41) is 0. The van der Waals surface area contributed by atoms with Crippen molar-refractivity contribution in [1.82, 2.24) is 9.55 Å². The van der Waals surface area contributed by atoms with Crippen LogP contribution in [-0.4, -0.2) is 61.6 Å². The van der Waals surface area contributed by atoms with E-state index in [1.54, 1.807) is 37.3 Å². The van der Waals surface area contributed by atoms with E-state index in [9.17, 15) is 19.2 Å². The maximum Gasteiger partial charge on any atom is 0.338 e. The fraction of sp³-hybridized carbons (Fsp3) is 0.333. The van der Waals surface area contributed by atoms with Crippen molar-refractivity contribution in [2.24, 2.45) is 0 Å². The van der Waals surface area contributed by atoms with Gasteiger partial charge < -0.3 is 28.4 Å². The van der Waals surface area contributed by atoms with E-state index in [0.717, 1.165) is 0 Å². The topological polar surface area (TPSA) is 144 Å². The highest BCUT2D eigenvalue weighted by atomic mass is 16.6. The molecule has 3 aromatic rings. The Kier molecular flexibility index (Phi) is 8.35. The molecule has 2 heterocycles. The maximum atomic E-state index is 13.2. The summed E-state index contributed by atoms with van der Waals surface area (Å²) in [6.07, 6.45) is -1.31. The van der Waals surface area contributed by atoms with E-state index in [0.29, 0.717) is 16.9 Å². The molecule has 3 atom stereocenters. The van der Waals surface area contributed by atoms with Gasteiger partial charge in [-0.1, -0.05) is 18.2 Å². The zero-order valence-electron chi connectivity index (χ0n) is 21.8. The second-order valence-corrected chi connectivity index (χ2v) is 8.67. The minimum atomic E-state index is -0.913. The number of aromatic amines is 1. The molecule has 1 fully saturated rings. The molecule has 1 N–H and O–H groups in total. The van der Waals surface area contributed by atoms with Crippen molar-refractivity contribution < 1.29 is 38.0 Å². The number of ether oxygens (including phenoxy) is 6. The van der Waals surface area contributed by atoms with Gasteiger partial charge in [-0.3, -0.25) is 14.3 Å². The van der Waals surface area contributed by atoms with Crippen LogP contribution in [0.1, 0.15) is 38.9 Å². The molecule has 0 saturated carbocycles. The molecule has 1 aliphatic rings. The van der Waals surface area contributed by atoms with Crippen LogP contribution >= 0.6 is 0 Å². The number of aromatic nitrogens is 2. The molecule has 1 saturated heterocycles. The third kappa shape index (κ3) is 5.96. The first kappa shape index (κ1) is 27.5. The predicted octanol–water partition coefficient (Wildman–Crippen LogP) is 2.24. The normalized spacial score (nSPS) is 18.3. The molecule has 12 heteroatoms. The van der Waals surface area contributed by atoms with Crippen LogP contribution in [0.15, 0.2) is 58.3 Å². The first-order valence-corrected chi connectivity index (χ1v) is 12.0. The molecule has 0 aliphatic carbocycles. The Bertz CT molecular complexity index is 1440. The van der Waals surface area contributed by atoms with E-state index in [4.69, 9.17) is 28.4 Å². The number of methoxy groups -OCH3 is 3. The van der Waals surface area contributed by atoms with Crippen molar-refractivity contribution in [3.63, 3.8) is 0 Å². The average molecular weight is 541 g/mol. The number of hydrogen-bond donors (Lipinski definition) is 1. The number of esters is 2. The lowest BCUT2D eigenvalue weighted by molar-refractivity contribution is -0.0582. The van der Waals surface area contributed by atoms with Gasteiger partial charge in [-0.15, -0.1) is 0 Å². The van der Waals surface area contributed by atoms with Crippen molar-refractivity contribution in [3.05, 3.63) is 86.2 Å². The van der Waals surface area contributed by atoms with Gasteiger partial charge in [0.05, 0.1) is 32.5 Å². The summed E-state index contributed by atoms with van der Waals surface area (Å²) in [6.45, 7) is 1.29. The highest BCUT2D eigenvalue weighted by Gasteiger charge is 2.40. The number of nitrogens with one attached hydrogen (secondary N) is 1. The number of benzene rings is 2. The molecule has 0 radical (unpaired) electrons. The number of H-pyrrole nitrogens is 1. The second-order valence-electron chi connectivity index (χ2n) is 8.67. The lowest BCUT2D eigenvalue weighted by atomic mass is 10.1. The zero-order valence-corrected chi connectivity index (χ0v) is 21.8. The smallest absolute Gasteiger partial charge is 0.338 e. The third-order valence-electron chi connectivity index (χ3n) is 6.18.